The van der Waals surface area contributed by atoms with Gasteiger partial charge in [0.05, 0.1) is 11.4 Å². The van der Waals surface area contributed by atoms with Gasteiger partial charge in [-0.2, -0.15) is 0 Å². The minimum Gasteiger partial charge on any atom is -0.336 e. The second-order valence-corrected chi connectivity index (χ2v) is 8.08. The summed E-state index contributed by atoms with van der Waals surface area (Å²) in [5.74, 6) is 5.97. The van der Waals surface area contributed by atoms with Crippen molar-refractivity contribution >= 4 is 34.1 Å². The van der Waals surface area contributed by atoms with Crippen molar-refractivity contribution in [2.24, 2.45) is 0 Å². The minimum absolute atomic E-state index is 0.00143. The molecule has 7 nitrogen and oxygen atoms in total. The number of carbonyl (C=O) groups is 1. The highest BCUT2D eigenvalue weighted by Crippen LogP contribution is 2.28. The number of hydrogen-bond acceptors (Lipinski definition) is 7. The Morgan fingerprint density at radius 2 is 2.07 bits per heavy atom. The third-order valence-corrected chi connectivity index (χ3v) is 6.00. The van der Waals surface area contributed by atoms with Gasteiger partial charge in [-0.05, 0) is 6.42 Å². The Morgan fingerprint density at radius 3 is 2.79 bits per heavy atom. The molecule has 0 spiro atoms. The van der Waals surface area contributed by atoms with Crippen LogP contribution >= 0.6 is 23.1 Å². The molecule has 0 atom stereocenters. The van der Waals surface area contributed by atoms with Gasteiger partial charge in [0.2, 0.25) is 11.1 Å². The number of unbranched alkanes of at least 4 members (excludes halogenated alkanes) is 3. The molecule has 0 aliphatic heterocycles. The van der Waals surface area contributed by atoms with Crippen LogP contribution in [0, 0.1) is 0 Å². The number of anilines is 1. The van der Waals surface area contributed by atoms with Gasteiger partial charge in [0.25, 0.3) is 0 Å². The molecule has 0 aliphatic carbocycles. The molecule has 1 amide bonds. The zero-order chi connectivity index (χ0) is 19.8. The number of carbonyl (C=O) groups excluding carboxylic acids is 1. The maximum atomic E-state index is 12.9. The second-order valence-electron chi connectivity index (χ2n) is 6.30. The summed E-state index contributed by atoms with van der Waals surface area (Å²) in [6, 6.07) is 10.0. The first-order valence-corrected chi connectivity index (χ1v) is 11.1. The third kappa shape index (κ3) is 5.32. The van der Waals surface area contributed by atoms with Crippen LogP contribution in [0.4, 0.5) is 5.13 Å². The van der Waals surface area contributed by atoms with Crippen molar-refractivity contribution in [2.45, 2.75) is 37.8 Å². The Hall–Kier alpha value is -2.39. The molecule has 3 aromatic rings. The molecule has 0 saturated carbocycles. The molecule has 0 unspecified atom stereocenters. The first-order chi connectivity index (χ1) is 13.7. The quantitative estimate of drug-likeness (QED) is 0.307. The van der Waals surface area contributed by atoms with Crippen LogP contribution in [-0.4, -0.2) is 38.1 Å². The number of amides is 1. The molecule has 28 heavy (non-hydrogen) atoms. The number of aromatic nitrogens is 4. The number of nitrogens with zero attached hydrogens (tertiary/aromatic N) is 5. The molecule has 2 heterocycles. The molecule has 9 heteroatoms. The summed E-state index contributed by atoms with van der Waals surface area (Å²) in [7, 11) is 0. The van der Waals surface area contributed by atoms with Gasteiger partial charge in [0.1, 0.15) is 6.33 Å². The van der Waals surface area contributed by atoms with Crippen molar-refractivity contribution in [3.8, 4) is 11.3 Å². The maximum absolute atomic E-state index is 12.9. The lowest BCUT2D eigenvalue weighted by molar-refractivity contribution is -0.116. The third-order valence-electron chi connectivity index (χ3n) is 4.19. The predicted molar refractivity (Wildman–Crippen MR) is 115 cm³/mol. The van der Waals surface area contributed by atoms with Crippen LogP contribution in [0.15, 0.2) is 47.2 Å². The molecule has 148 valence electrons. The Labute approximate surface area is 173 Å². The van der Waals surface area contributed by atoms with Crippen LogP contribution in [0.3, 0.4) is 0 Å². The number of rotatable bonds is 10. The van der Waals surface area contributed by atoms with E-state index in [4.69, 9.17) is 10.8 Å². The number of nitrogen functional groups attached to an aromatic ring is 1. The predicted octanol–water partition coefficient (Wildman–Crippen LogP) is 3.82. The van der Waals surface area contributed by atoms with E-state index in [1.165, 1.54) is 40.5 Å². The first kappa shape index (κ1) is 20.3. The van der Waals surface area contributed by atoms with E-state index in [9.17, 15) is 4.79 Å². The minimum atomic E-state index is -0.00143. The lowest BCUT2D eigenvalue weighted by Crippen LogP contribution is -2.33. The van der Waals surface area contributed by atoms with Gasteiger partial charge in [0, 0.05) is 17.5 Å². The highest BCUT2D eigenvalue weighted by molar-refractivity contribution is 7.99. The summed E-state index contributed by atoms with van der Waals surface area (Å²) in [5, 5.41) is 10.9. The smallest absolute Gasteiger partial charge is 0.239 e. The number of nitrogens with two attached hydrogens (primary N) is 1. The van der Waals surface area contributed by atoms with Crippen LogP contribution in [0.5, 0.6) is 0 Å². The van der Waals surface area contributed by atoms with Gasteiger partial charge in [-0.15, -0.1) is 21.5 Å². The molecule has 2 N–H and O–H groups in total. The molecule has 0 radical (unpaired) electrons. The highest BCUT2D eigenvalue weighted by atomic mass is 32.2. The fraction of sp³-hybridized carbons (Fsp3) is 0.368. The SMILES string of the molecule is CCCCCCN(C(=O)CSc1nncn1N)c1nc(-c2ccccc2)cs1. The Bertz CT molecular complexity index is 879. The summed E-state index contributed by atoms with van der Waals surface area (Å²) in [6.45, 7) is 2.84. The average molecular weight is 417 g/mol. The van der Waals surface area contributed by atoms with E-state index in [1.807, 2.05) is 35.7 Å². The summed E-state index contributed by atoms with van der Waals surface area (Å²) in [6.07, 6.45) is 5.80. The van der Waals surface area contributed by atoms with Crippen LogP contribution < -0.4 is 10.7 Å². The fourth-order valence-corrected chi connectivity index (χ4v) is 4.28. The van der Waals surface area contributed by atoms with Crippen LogP contribution in [-0.2, 0) is 4.79 Å². The van der Waals surface area contributed by atoms with E-state index < -0.39 is 0 Å². The zero-order valence-electron chi connectivity index (χ0n) is 15.8. The van der Waals surface area contributed by atoms with Crippen molar-refractivity contribution in [1.82, 2.24) is 19.9 Å². The van der Waals surface area contributed by atoms with Gasteiger partial charge in [-0.3, -0.25) is 9.69 Å². The molecule has 0 saturated heterocycles. The largest absolute Gasteiger partial charge is 0.336 e. The van der Waals surface area contributed by atoms with Gasteiger partial charge < -0.3 is 5.84 Å². The lowest BCUT2D eigenvalue weighted by atomic mass is 10.2. The Balaban J connectivity index is 1.71. The van der Waals surface area contributed by atoms with E-state index in [0.717, 1.165) is 35.7 Å². The van der Waals surface area contributed by atoms with Crippen molar-refractivity contribution in [3.63, 3.8) is 0 Å². The second kappa shape index (κ2) is 10.2. The lowest BCUT2D eigenvalue weighted by Gasteiger charge is -2.19. The van der Waals surface area contributed by atoms with Crippen LogP contribution in [0.2, 0.25) is 0 Å². The summed E-state index contributed by atoms with van der Waals surface area (Å²) < 4.78 is 1.32. The van der Waals surface area contributed by atoms with E-state index in [0.29, 0.717) is 11.7 Å². The van der Waals surface area contributed by atoms with Crippen molar-refractivity contribution in [2.75, 3.05) is 23.0 Å². The van der Waals surface area contributed by atoms with Gasteiger partial charge in [0.15, 0.2) is 5.13 Å². The Kier molecular flexibility index (Phi) is 7.44. The molecular formula is C19H24N6OS2. The monoisotopic (exact) mass is 416 g/mol. The highest BCUT2D eigenvalue weighted by Gasteiger charge is 2.20. The summed E-state index contributed by atoms with van der Waals surface area (Å²) in [5.41, 5.74) is 1.94. The van der Waals surface area contributed by atoms with Gasteiger partial charge in [-0.1, -0.05) is 68.3 Å². The number of thiazole rings is 1. The summed E-state index contributed by atoms with van der Waals surface area (Å²) in [4.78, 5) is 19.4. The molecule has 2 aromatic heterocycles. The van der Waals surface area contributed by atoms with E-state index in [1.54, 1.807) is 4.90 Å². The normalized spacial score (nSPS) is 10.9. The number of hydrogen-bond donors (Lipinski definition) is 1. The number of thioether (sulfide) groups is 1. The van der Waals surface area contributed by atoms with Crippen molar-refractivity contribution in [1.29, 1.82) is 0 Å². The molecule has 1 aromatic carbocycles. The number of benzene rings is 1. The average Bonchev–Trinajstić information content (AvgIpc) is 3.36. The van der Waals surface area contributed by atoms with Crippen LogP contribution in [0.1, 0.15) is 32.6 Å². The van der Waals surface area contributed by atoms with E-state index >= 15 is 0 Å². The summed E-state index contributed by atoms with van der Waals surface area (Å²) >= 11 is 2.78. The van der Waals surface area contributed by atoms with Crippen molar-refractivity contribution < 1.29 is 4.79 Å². The standard InChI is InChI=1S/C19H24N6OS2/c1-2-3-4-8-11-24(17(26)13-28-19-23-21-14-25(19)20)18-22-16(12-27-18)15-9-6-5-7-10-15/h5-7,9-10,12,14H,2-4,8,11,13,20H2,1H3. The van der Waals surface area contributed by atoms with Crippen LogP contribution in [0.25, 0.3) is 11.3 Å². The van der Waals surface area contributed by atoms with E-state index in [-0.39, 0.29) is 11.7 Å². The fourth-order valence-electron chi connectivity index (χ4n) is 2.69. The van der Waals surface area contributed by atoms with Gasteiger partial charge >= 0.3 is 0 Å². The van der Waals surface area contributed by atoms with Crippen molar-refractivity contribution in [3.05, 3.63) is 42.0 Å². The topological polar surface area (TPSA) is 89.9 Å². The van der Waals surface area contributed by atoms with Gasteiger partial charge in [-0.25, -0.2) is 9.66 Å². The Morgan fingerprint density at radius 1 is 1.25 bits per heavy atom. The molecule has 0 fully saturated rings. The molecule has 0 bridgehead atoms. The molecule has 3 rings (SSSR count). The first-order valence-electron chi connectivity index (χ1n) is 9.28. The maximum Gasteiger partial charge on any atom is 0.239 e. The molecule has 0 aliphatic rings. The zero-order valence-corrected chi connectivity index (χ0v) is 17.5. The molecular weight excluding hydrogens is 392 g/mol. The van der Waals surface area contributed by atoms with E-state index in [2.05, 4.69) is 17.1 Å².